The number of methoxy groups -OCH3 is 2. The van der Waals surface area contributed by atoms with Gasteiger partial charge in [-0.15, -0.1) is 0 Å². The van der Waals surface area contributed by atoms with Crippen molar-refractivity contribution in [3.8, 4) is 5.69 Å². The molecule has 0 aliphatic heterocycles. The fourth-order valence-corrected chi connectivity index (χ4v) is 3.22. The van der Waals surface area contributed by atoms with Crippen LogP contribution in [0, 0.1) is 6.92 Å². The third-order valence-electron chi connectivity index (χ3n) is 4.91. The Labute approximate surface area is 180 Å². The van der Waals surface area contributed by atoms with Gasteiger partial charge in [-0.1, -0.05) is 11.6 Å². The molecule has 0 unspecified atom stereocenters. The largest absolute Gasteiger partial charge is 0.417 e. The number of aromatic nitrogens is 3. The van der Waals surface area contributed by atoms with Crippen LogP contribution in [0.1, 0.15) is 18.2 Å². The van der Waals surface area contributed by atoms with Crippen molar-refractivity contribution in [3.63, 3.8) is 0 Å². The zero-order chi connectivity index (χ0) is 23.0. The predicted octanol–water partition coefficient (Wildman–Crippen LogP) is 4.18. The van der Waals surface area contributed by atoms with E-state index >= 15 is 0 Å². The molecule has 1 aromatic carbocycles. The predicted molar refractivity (Wildman–Crippen MR) is 111 cm³/mol. The molecule has 2 heterocycles. The van der Waals surface area contributed by atoms with Crippen LogP contribution in [-0.4, -0.2) is 41.1 Å². The maximum absolute atomic E-state index is 13.5. The van der Waals surface area contributed by atoms with E-state index in [1.54, 1.807) is 26.0 Å². The van der Waals surface area contributed by atoms with Crippen molar-refractivity contribution in [2.45, 2.75) is 25.8 Å². The van der Waals surface area contributed by atoms with Crippen LogP contribution in [0.25, 0.3) is 16.7 Å². The van der Waals surface area contributed by atoms with Crippen LogP contribution in [0.4, 0.5) is 19.0 Å². The van der Waals surface area contributed by atoms with Gasteiger partial charge in [0.1, 0.15) is 0 Å². The maximum atomic E-state index is 13.5. The summed E-state index contributed by atoms with van der Waals surface area (Å²) in [7, 11) is 2.88. The van der Waals surface area contributed by atoms with Crippen molar-refractivity contribution in [1.29, 1.82) is 0 Å². The van der Waals surface area contributed by atoms with Gasteiger partial charge in [0.05, 0.1) is 39.5 Å². The second-order valence-corrected chi connectivity index (χ2v) is 7.33. The zero-order valence-corrected chi connectivity index (χ0v) is 17.9. The average molecular weight is 457 g/mol. The summed E-state index contributed by atoms with van der Waals surface area (Å²) in [6.45, 7) is 3.35. The SMILES string of the molecule is COC(C)(CNc1nc2cc(Cl)c(C(F)(F)F)cc2n(-c2cccnc2C)c1=O)OC. The lowest BCUT2D eigenvalue weighted by molar-refractivity contribution is -0.182. The Morgan fingerprint density at radius 1 is 1.23 bits per heavy atom. The van der Waals surface area contributed by atoms with E-state index in [0.717, 1.165) is 16.7 Å². The summed E-state index contributed by atoms with van der Waals surface area (Å²) >= 11 is 5.88. The molecule has 0 fully saturated rings. The normalized spacial score (nSPS) is 12.4. The molecule has 0 aliphatic carbocycles. The maximum Gasteiger partial charge on any atom is 0.417 e. The number of anilines is 1. The Morgan fingerprint density at radius 2 is 1.90 bits per heavy atom. The summed E-state index contributed by atoms with van der Waals surface area (Å²) in [5.74, 6) is -1.16. The van der Waals surface area contributed by atoms with Crippen LogP contribution in [0.3, 0.4) is 0 Å². The third kappa shape index (κ3) is 4.51. The molecule has 31 heavy (non-hydrogen) atoms. The minimum atomic E-state index is -4.70. The van der Waals surface area contributed by atoms with Gasteiger partial charge in [0, 0.05) is 20.4 Å². The van der Waals surface area contributed by atoms with E-state index in [9.17, 15) is 18.0 Å². The number of alkyl halides is 3. The highest BCUT2D eigenvalue weighted by atomic mass is 35.5. The highest BCUT2D eigenvalue weighted by molar-refractivity contribution is 6.32. The van der Waals surface area contributed by atoms with Gasteiger partial charge in [0.25, 0.3) is 5.56 Å². The summed E-state index contributed by atoms with van der Waals surface area (Å²) in [4.78, 5) is 21.7. The molecule has 0 aliphatic rings. The van der Waals surface area contributed by atoms with Crippen molar-refractivity contribution >= 4 is 28.5 Å². The van der Waals surface area contributed by atoms with Gasteiger partial charge in [-0.3, -0.25) is 14.3 Å². The number of hydrogen-bond donors (Lipinski definition) is 1. The summed E-state index contributed by atoms with van der Waals surface area (Å²) in [6, 6.07) is 5.07. The molecule has 7 nitrogen and oxygen atoms in total. The van der Waals surface area contributed by atoms with Gasteiger partial charge in [0.2, 0.25) is 0 Å². The standard InChI is InChI=1S/C20H20ClF3N4O3/c1-11-15(6-5-7-25-11)28-16-8-12(20(22,23)24)13(21)9-14(16)27-17(18(28)29)26-10-19(2,30-3)31-4/h5-9H,10H2,1-4H3,(H,26,27). The highest BCUT2D eigenvalue weighted by Crippen LogP contribution is 2.37. The number of rotatable bonds is 6. The lowest BCUT2D eigenvalue weighted by Crippen LogP contribution is -2.39. The second kappa shape index (κ2) is 8.45. The molecule has 0 saturated heterocycles. The topological polar surface area (TPSA) is 78.3 Å². The Balaban J connectivity index is 2.31. The molecule has 0 atom stereocenters. The van der Waals surface area contributed by atoms with E-state index in [-0.39, 0.29) is 23.4 Å². The van der Waals surface area contributed by atoms with E-state index in [0.29, 0.717) is 11.4 Å². The van der Waals surface area contributed by atoms with Crippen LogP contribution < -0.4 is 10.9 Å². The fourth-order valence-electron chi connectivity index (χ4n) is 2.96. The monoisotopic (exact) mass is 456 g/mol. The zero-order valence-electron chi connectivity index (χ0n) is 17.2. The molecule has 0 amide bonds. The van der Waals surface area contributed by atoms with Crippen LogP contribution >= 0.6 is 11.6 Å². The Bertz CT molecular complexity index is 1180. The van der Waals surface area contributed by atoms with Crippen molar-refractivity contribution in [3.05, 3.63) is 57.1 Å². The lowest BCUT2D eigenvalue weighted by atomic mass is 10.1. The first-order valence-electron chi connectivity index (χ1n) is 9.10. The molecule has 0 spiro atoms. The number of hydrogen-bond acceptors (Lipinski definition) is 6. The lowest BCUT2D eigenvalue weighted by Gasteiger charge is -2.26. The minimum absolute atomic E-state index is 0.0497. The van der Waals surface area contributed by atoms with Gasteiger partial charge in [0.15, 0.2) is 11.6 Å². The molecule has 3 rings (SSSR count). The number of nitrogens with zero attached hydrogens (tertiary/aromatic N) is 3. The average Bonchev–Trinajstić information content (AvgIpc) is 2.72. The summed E-state index contributed by atoms with van der Waals surface area (Å²) in [5.41, 5.74) is -0.909. The molecule has 11 heteroatoms. The number of nitrogens with one attached hydrogen (secondary N) is 1. The van der Waals surface area contributed by atoms with E-state index in [1.807, 2.05) is 0 Å². The number of fused-ring (bicyclic) bond motifs is 1. The quantitative estimate of drug-likeness (QED) is 0.561. The van der Waals surface area contributed by atoms with Gasteiger partial charge in [-0.2, -0.15) is 13.2 Å². The van der Waals surface area contributed by atoms with Crippen molar-refractivity contribution in [2.24, 2.45) is 0 Å². The van der Waals surface area contributed by atoms with E-state index in [4.69, 9.17) is 21.1 Å². The number of pyridine rings is 1. The highest BCUT2D eigenvalue weighted by Gasteiger charge is 2.34. The van der Waals surface area contributed by atoms with Crippen molar-refractivity contribution in [1.82, 2.24) is 14.5 Å². The Hall–Kier alpha value is -2.69. The first-order chi connectivity index (χ1) is 14.5. The van der Waals surface area contributed by atoms with Crippen LogP contribution in [-0.2, 0) is 15.7 Å². The Morgan fingerprint density at radius 3 is 2.48 bits per heavy atom. The molecule has 3 aromatic rings. The van der Waals surface area contributed by atoms with Gasteiger partial charge in [-0.05, 0) is 38.1 Å². The molecule has 0 radical (unpaired) electrons. The summed E-state index contributed by atoms with van der Waals surface area (Å²) in [5, 5.41) is 2.34. The van der Waals surface area contributed by atoms with Gasteiger partial charge in [-0.25, -0.2) is 4.98 Å². The molecular formula is C20H20ClF3N4O3. The fraction of sp³-hybridized carbons (Fsp3) is 0.350. The number of aryl methyl sites for hydroxylation is 1. The van der Waals surface area contributed by atoms with Gasteiger partial charge < -0.3 is 14.8 Å². The number of halogens is 4. The first-order valence-corrected chi connectivity index (χ1v) is 9.48. The molecule has 0 bridgehead atoms. The molecular weight excluding hydrogens is 437 g/mol. The Kier molecular flexibility index (Phi) is 6.26. The number of ether oxygens (including phenoxy) is 2. The molecule has 0 saturated carbocycles. The second-order valence-electron chi connectivity index (χ2n) is 6.92. The van der Waals surface area contributed by atoms with Gasteiger partial charge >= 0.3 is 6.18 Å². The van der Waals surface area contributed by atoms with Crippen molar-refractivity contribution < 1.29 is 22.6 Å². The molecule has 166 valence electrons. The first kappa shape index (κ1) is 23.0. The van der Waals surface area contributed by atoms with Crippen LogP contribution in [0.2, 0.25) is 5.02 Å². The van der Waals surface area contributed by atoms with E-state index in [1.165, 1.54) is 20.4 Å². The molecule has 1 N–H and O–H groups in total. The molecule has 2 aromatic heterocycles. The van der Waals surface area contributed by atoms with E-state index < -0.39 is 28.1 Å². The minimum Gasteiger partial charge on any atom is -0.360 e. The summed E-state index contributed by atoms with van der Waals surface area (Å²) in [6.07, 6.45) is -3.18. The van der Waals surface area contributed by atoms with Crippen LogP contribution in [0.5, 0.6) is 0 Å². The van der Waals surface area contributed by atoms with Crippen LogP contribution in [0.15, 0.2) is 35.3 Å². The summed E-state index contributed by atoms with van der Waals surface area (Å²) < 4.78 is 52.0. The third-order valence-corrected chi connectivity index (χ3v) is 5.22. The van der Waals surface area contributed by atoms with Crippen molar-refractivity contribution in [2.75, 3.05) is 26.1 Å². The number of benzene rings is 1. The smallest absolute Gasteiger partial charge is 0.360 e. The van der Waals surface area contributed by atoms with E-state index in [2.05, 4.69) is 15.3 Å².